The van der Waals surface area contributed by atoms with Crippen LogP contribution < -0.4 is 0 Å². The minimum absolute atomic E-state index is 0.00855. The summed E-state index contributed by atoms with van der Waals surface area (Å²) in [6.07, 6.45) is 6.64. The maximum absolute atomic E-state index is 12.4. The molecule has 0 saturated heterocycles. The Morgan fingerprint density at radius 1 is 1.35 bits per heavy atom. The highest BCUT2D eigenvalue weighted by molar-refractivity contribution is 5.92. The van der Waals surface area contributed by atoms with Gasteiger partial charge in [0.15, 0.2) is 0 Å². The van der Waals surface area contributed by atoms with E-state index in [0.29, 0.717) is 12.1 Å². The monoisotopic (exact) mass is 312 g/mol. The van der Waals surface area contributed by atoms with Crippen LogP contribution in [0.15, 0.2) is 53.2 Å². The summed E-state index contributed by atoms with van der Waals surface area (Å²) in [4.78, 5) is 24.5. The third-order valence-corrected chi connectivity index (χ3v) is 3.68. The molecular weight excluding hydrogens is 296 g/mol. The molecule has 1 aliphatic rings. The molecule has 1 saturated carbocycles. The van der Waals surface area contributed by atoms with E-state index in [1.165, 1.54) is 18.2 Å². The van der Waals surface area contributed by atoms with Gasteiger partial charge in [-0.25, -0.2) is 0 Å². The number of benzene rings is 1. The maximum atomic E-state index is 12.4. The zero-order valence-electron chi connectivity index (χ0n) is 12.4. The van der Waals surface area contributed by atoms with Gasteiger partial charge in [0.2, 0.25) is 5.91 Å². The van der Waals surface area contributed by atoms with Gasteiger partial charge in [0.1, 0.15) is 5.76 Å². The molecule has 0 N–H and O–H groups in total. The van der Waals surface area contributed by atoms with Crippen molar-refractivity contribution in [2.75, 3.05) is 0 Å². The van der Waals surface area contributed by atoms with Crippen molar-refractivity contribution >= 4 is 17.7 Å². The number of furan rings is 1. The van der Waals surface area contributed by atoms with Gasteiger partial charge in [0, 0.05) is 24.3 Å². The summed E-state index contributed by atoms with van der Waals surface area (Å²) < 4.78 is 5.30. The van der Waals surface area contributed by atoms with E-state index in [-0.39, 0.29) is 17.6 Å². The van der Waals surface area contributed by atoms with E-state index in [1.807, 2.05) is 6.07 Å². The lowest BCUT2D eigenvalue weighted by atomic mass is 10.2. The number of rotatable bonds is 6. The molecule has 0 bridgehead atoms. The van der Waals surface area contributed by atoms with Gasteiger partial charge in [0.05, 0.1) is 17.7 Å². The van der Waals surface area contributed by atoms with Crippen molar-refractivity contribution in [2.45, 2.75) is 25.4 Å². The molecule has 118 valence electrons. The van der Waals surface area contributed by atoms with Crippen molar-refractivity contribution in [1.29, 1.82) is 0 Å². The normalized spacial score (nSPS) is 14.1. The molecule has 0 spiro atoms. The highest BCUT2D eigenvalue weighted by Gasteiger charge is 2.32. The standard InChI is InChI=1S/C17H16N2O4/c20-17(9-6-13-3-1-4-15(11-13)19(21)22)18(14-7-8-14)12-16-5-2-10-23-16/h1-6,9-11,14H,7-8,12H2. The van der Waals surface area contributed by atoms with Gasteiger partial charge < -0.3 is 9.32 Å². The first-order valence-corrected chi connectivity index (χ1v) is 7.39. The summed E-state index contributed by atoms with van der Waals surface area (Å²) in [5.41, 5.74) is 0.635. The molecule has 1 amide bonds. The van der Waals surface area contributed by atoms with E-state index >= 15 is 0 Å². The fourth-order valence-electron chi connectivity index (χ4n) is 2.35. The van der Waals surface area contributed by atoms with Crippen molar-refractivity contribution in [3.05, 3.63) is 70.2 Å². The van der Waals surface area contributed by atoms with Crippen LogP contribution in [0.5, 0.6) is 0 Å². The molecule has 0 unspecified atom stereocenters. The van der Waals surface area contributed by atoms with Crippen LogP contribution in [0, 0.1) is 10.1 Å². The number of nitro groups is 1. The van der Waals surface area contributed by atoms with Crippen molar-refractivity contribution in [3.63, 3.8) is 0 Å². The third-order valence-electron chi connectivity index (χ3n) is 3.68. The predicted octanol–water partition coefficient (Wildman–Crippen LogP) is 3.39. The SMILES string of the molecule is O=C(C=Cc1cccc([N+](=O)[O-])c1)N(Cc1ccco1)C1CC1. The van der Waals surface area contributed by atoms with E-state index < -0.39 is 4.92 Å². The van der Waals surface area contributed by atoms with Crippen molar-refractivity contribution in [3.8, 4) is 0 Å². The smallest absolute Gasteiger partial charge is 0.270 e. The topological polar surface area (TPSA) is 76.6 Å². The van der Waals surface area contributed by atoms with Crippen LogP contribution in [0.4, 0.5) is 5.69 Å². The van der Waals surface area contributed by atoms with Crippen LogP contribution in [0.25, 0.3) is 6.08 Å². The second-order valence-corrected chi connectivity index (χ2v) is 5.46. The van der Waals surface area contributed by atoms with Crippen LogP contribution in [0.2, 0.25) is 0 Å². The molecule has 2 aromatic rings. The van der Waals surface area contributed by atoms with Crippen LogP contribution in [0.3, 0.4) is 0 Å². The number of carbonyl (C=O) groups is 1. The molecular formula is C17H16N2O4. The molecule has 1 heterocycles. The molecule has 0 atom stereocenters. The molecule has 1 aromatic heterocycles. The molecule has 23 heavy (non-hydrogen) atoms. The number of nitro benzene ring substituents is 1. The average Bonchev–Trinajstić information content (AvgIpc) is 3.26. The largest absolute Gasteiger partial charge is 0.467 e. The van der Waals surface area contributed by atoms with Gasteiger partial charge in [-0.05, 0) is 36.6 Å². The highest BCUT2D eigenvalue weighted by atomic mass is 16.6. The lowest BCUT2D eigenvalue weighted by Gasteiger charge is -2.19. The number of nitrogens with zero attached hydrogens (tertiary/aromatic N) is 2. The molecule has 0 aliphatic heterocycles. The fourth-order valence-corrected chi connectivity index (χ4v) is 2.35. The van der Waals surface area contributed by atoms with Gasteiger partial charge >= 0.3 is 0 Å². The first kappa shape index (κ1) is 15.0. The Bertz CT molecular complexity index is 733. The predicted molar refractivity (Wildman–Crippen MR) is 84.4 cm³/mol. The summed E-state index contributed by atoms with van der Waals surface area (Å²) in [6.45, 7) is 0.440. The van der Waals surface area contributed by atoms with Crippen LogP contribution in [-0.2, 0) is 11.3 Å². The van der Waals surface area contributed by atoms with E-state index in [4.69, 9.17) is 4.42 Å². The summed E-state index contributed by atoms with van der Waals surface area (Å²) in [6, 6.07) is 10.1. The first-order valence-electron chi connectivity index (χ1n) is 7.39. The second kappa shape index (κ2) is 6.48. The minimum atomic E-state index is -0.452. The fraction of sp³-hybridized carbons (Fsp3) is 0.235. The third kappa shape index (κ3) is 3.85. The molecule has 1 aromatic carbocycles. The Morgan fingerprint density at radius 3 is 2.83 bits per heavy atom. The lowest BCUT2D eigenvalue weighted by molar-refractivity contribution is -0.384. The maximum Gasteiger partial charge on any atom is 0.270 e. The van der Waals surface area contributed by atoms with Crippen LogP contribution in [-0.4, -0.2) is 21.8 Å². The molecule has 1 aliphatic carbocycles. The van der Waals surface area contributed by atoms with E-state index in [9.17, 15) is 14.9 Å². The number of hydrogen-bond donors (Lipinski definition) is 0. The second-order valence-electron chi connectivity index (χ2n) is 5.46. The van der Waals surface area contributed by atoms with Crippen molar-refractivity contribution in [2.24, 2.45) is 0 Å². The van der Waals surface area contributed by atoms with Crippen molar-refractivity contribution < 1.29 is 14.1 Å². The van der Waals surface area contributed by atoms with Gasteiger partial charge in [-0.3, -0.25) is 14.9 Å². The summed E-state index contributed by atoms with van der Waals surface area (Å²) in [5, 5.41) is 10.8. The van der Waals surface area contributed by atoms with Gasteiger partial charge in [-0.2, -0.15) is 0 Å². The van der Waals surface area contributed by atoms with Gasteiger partial charge in [0.25, 0.3) is 5.69 Å². The number of carbonyl (C=O) groups excluding carboxylic acids is 1. The van der Waals surface area contributed by atoms with Crippen molar-refractivity contribution in [1.82, 2.24) is 4.90 Å². The Kier molecular flexibility index (Phi) is 4.23. The Labute approximate surface area is 133 Å². The molecule has 1 fully saturated rings. The van der Waals surface area contributed by atoms with E-state index in [2.05, 4.69) is 0 Å². The summed E-state index contributed by atoms with van der Waals surface area (Å²) in [7, 11) is 0. The number of non-ortho nitro benzene ring substituents is 1. The zero-order valence-corrected chi connectivity index (χ0v) is 12.4. The Morgan fingerprint density at radius 2 is 2.17 bits per heavy atom. The molecule has 0 radical (unpaired) electrons. The highest BCUT2D eigenvalue weighted by Crippen LogP contribution is 2.29. The van der Waals surface area contributed by atoms with E-state index in [1.54, 1.807) is 35.4 Å². The van der Waals surface area contributed by atoms with Gasteiger partial charge in [-0.15, -0.1) is 0 Å². The molecule has 3 rings (SSSR count). The zero-order chi connectivity index (χ0) is 16.2. The lowest BCUT2D eigenvalue weighted by Crippen LogP contribution is -2.30. The Balaban J connectivity index is 1.71. The summed E-state index contributed by atoms with van der Waals surface area (Å²) in [5.74, 6) is 0.629. The average molecular weight is 312 g/mol. The van der Waals surface area contributed by atoms with Gasteiger partial charge in [-0.1, -0.05) is 12.1 Å². The van der Waals surface area contributed by atoms with Crippen LogP contribution in [0.1, 0.15) is 24.2 Å². The van der Waals surface area contributed by atoms with Crippen LogP contribution >= 0.6 is 0 Å². The quantitative estimate of drug-likeness (QED) is 0.465. The Hall–Kier alpha value is -2.89. The number of hydrogen-bond acceptors (Lipinski definition) is 4. The minimum Gasteiger partial charge on any atom is -0.467 e. The molecule has 6 nitrogen and oxygen atoms in total. The van der Waals surface area contributed by atoms with E-state index in [0.717, 1.165) is 18.6 Å². The first-order chi connectivity index (χ1) is 11.1. The molecule has 6 heteroatoms. The summed E-state index contributed by atoms with van der Waals surface area (Å²) >= 11 is 0. The number of amides is 1.